The van der Waals surface area contributed by atoms with Crippen LogP contribution in [0.15, 0.2) is 53.0 Å². The van der Waals surface area contributed by atoms with Gasteiger partial charge in [0.05, 0.1) is 0 Å². The minimum absolute atomic E-state index is 0.177. The second-order valence-corrected chi connectivity index (χ2v) is 6.43. The molecule has 0 saturated heterocycles. The van der Waals surface area contributed by atoms with Crippen LogP contribution in [0.2, 0.25) is 0 Å². The molecule has 0 aliphatic heterocycles. The second-order valence-electron chi connectivity index (χ2n) is 4.26. The van der Waals surface area contributed by atoms with Gasteiger partial charge in [-0.3, -0.25) is 0 Å². The first-order valence-electron chi connectivity index (χ1n) is 6.18. The van der Waals surface area contributed by atoms with Crippen molar-refractivity contribution in [2.75, 3.05) is 11.9 Å². The lowest BCUT2D eigenvalue weighted by molar-refractivity contribution is 0.252. The number of hydrogen-bond acceptors (Lipinski definition) is 1. The van der Waals surface area contributed by atoms with Crippen LogP contribution in [0.3, 0.4) is 0 Å². The van der Waals surface area contributed by atoms with Crippen molar-refractivity contribution in [3.05, 3.63) is 62.1 Å². The normalized spacial score (nSPS) is 10.1. The monoisotopic (exact) mass is 444 g/mol. The molecule has 0 unspecified atom stereocenters. The smallest absolute Gasteiger partial charge is 0.319 e. The first-order chi connectivity index (χ1) is 9.63. The first-order valence-corrected chi connectivity index (χ1v) is 8.05. The summed E-state index contributed by atoms with van der Waals surface area (Å²) in [4.78, 5) is 11.7. The molecule has 5 heteroatoms. The summed E-state index contributed by atoms with van der Waals surface area (Å²) in [6.07, 6.45) is 0.813. The number of nitrogens with one attached hydrogen (secondary N) is 2. The minimum Gasteiger partial charge on any atom is -0.338 e. The molecule has 2 aromatic carbocycles. The van der Waals surface area contributed by atoms with Gasteiger partial charge in [0.2, 0.25) is 0 Å². The quantitative estimate of drug-likeness (QED) is 0.673. The first kappa shape index (κ1) is 15.3. The molecular weight excluding hydrogens is 431 g/mol. The fraction of sp³-hybridized carbons (Fsp3) is 0.133. The number of carbonyl (C=O) groups is 1. The predicted molar refractivity (Wildman–Crippen MR) is 94.0 cm³/mol. The number of halogens is 2. The summed E-state index contributed by atoms with van der Waals surface area (Å²) in [6.45, 7) is 0.609. The van der Waals surface area contributed by atoms with Gasteiger partial charge in [-0.05, 0) is 71.0 Å². The van der Waals surface area contributed by atoms with Crippen LogP contribution in [0, 0.1) is 3.57 Å². The Balaban J connectivity index is 1.75. The molecule has 0 atom stereocenters. The summed E-state index contributed by atoms with van der Waals surface area (Å²) >= 11 is 5.63. The van der Waals surface area contributed by atoms with Crippen LogP contribution < -0.4 is 10.6 Å². The standard InChI is InChI=1S/C15H14BrIN2O/c16-12-3-1-11(2-4-12)9-10-18-15(20)19-14-7-5-13(17)6-8-14/h1-8H,9-10H2,(H2,18,19,20). The molecule has 0 aliphatic rings. The summed E-state index contributed by atoms with van der Waals surface area (Å²) < 4.78 is 2.20. The molecule has 2 rings (SSSR count). The Morgan fingerprint density at radius 3 is 2.35 bits per heavy atom. The van der Waals surface area contributed by atoms with Crippen LogP contribution in [-0.4, -0.2) is 12.6 Å². The SMILES string of the molecule is O=C(NCCc1ccc(Br)cc1)Nc1ccc(I)cc1. The Kier molecular flexibility index (Phi) is 5.85. The molecule has 0 fully saturated rings. The van der Waals surface area contributed by atoms with Crippen molar-refractivity contribution < 1.29 is 4.79 Å². The Morgan fingerprint density at radius 1 is 1.05 bits per heavy atom. The largest absolute Gasteiger partial charge is 0.338 e. The summed E-state index contributed by atoms with van der Waals surface area (Å²) in [5.41, 5.74) is 1.99. The van der Waals surface area contributed by atoms with Crippen LogP contribution in [-0.2, 0) is 6.42 Å². The van der Waals surface area contributed by atoms with E-state index in [0.717, 1.165) is 20.2 Å². The highest BCUT2D eigenvalue weighted by molar-refractivity contribution is 14.1. The van der Waals surface area contributed by atoms with Crippen molar-refractivity contribution in [2.45, 2.75) is 6.42 Å². The van der Waals surface area contributed by atoms with Gasteiger partial charge in [-0.25, -0.2) is 4.79 Å². The average Bonchev–Trinajstić information content (AvgIpc) is 2.44. The summed E-state index contributed by atoms with van der Waals surface area (Å²) in [5, 5.41) is 5.65. The Morgan fingerprint density at radius 2 is 1.70 bits per heavy atom. The fourth-order valence-electron chi connectivity index (χ4n) is 1.68. The van der Waals surface area contributed by atoms with Gasteiger partial charge in [-0.15, -0.1) is 0 Å². The van der Waals surface area contributed by atoms with Crippen LogP contribution in [0.4, 0.5) is 10.5 Å². The van der Waals surface area contributed by atoms with Crippen molar-refractivity contribution in [3.63, 3.8) is 0 Å². The zero-order valence-electron chi connectivity index (χ0n) is 10.7. The van der Waals surface area contributed by atoms with Gasteiger partial charge >= 0.3 is 6.03 Å². The molecule has 0 aliphatic carbocycles. The maximum Gasteiger partial charge on any atom is 0.319 e. The van der Waals surface area contributed by atoms with Gasteiger partial charge in [0.25, 0.3) is 0 Å². The molecule has 20 heavy (non-hydrogen) atoms. The number of benzene rings is 2. The van der Waals surface area contributed by atoms with Gasteiger partial charge in [-0.2, -0.15) is 0 Å². The van der Waals surface area contributed by atoms with Crippen molar-refractivity contribution in [3.8, 4) is 0 Å². The van der Waals surface area contributed by atoms with E-state index in [2.05, 4.69) is 49.2 Å². The lowest BCUT2D eigenvalue weighted by Crippen LogP contribution is -2.30. The van der Waals surface area contributed by atoms with Crippen LogP contribution in [0.25, 0.3) is 0 Å². The zero-order valence-corrected chi connectivity index (χ0v) is 14.4. The van der Waals surface area contributed by atoms with Gasteiger partial charge in [0, 0.05) is 20.3 Å². The van der Waals surface area contributed by atoms with E-state index in [0.29, 0.717) is 6.54 Å². The van der Waals surface area contributed by atoms with Crippen molar-refractivity contribution in [2.24, 2.45) is 0 Å². The van der Waals surface area contributed by atoms with Gasteiger partial charge in [0.1, 0.15) is 0 Å². The van der Waals surface area contributed by atoms with E-state index in [4.69, 9.17) is 0 Å². The number of carbonyl (C=O) groups excluding carboxylic acids is 1. The minimum atomic E-state index is -0.177. The topological polar surface area (TPSA) is 41.1 Å². The number of anilines is 1. The fourth-order valence-corrected chi connectivity index (χ4v) is 2.30. The zero-order chi connectivity index (χ0) is 14.4. The molecule has 0 spiro atoms. The Bertz CT molecular complexity index is 569. The molecular formula is C15H14BrIN2O. The Labute approximate surface area is 140 Å². The molecule has 0 heterocycles. The van der Waals surface area contributed by atoms with E-state index in [1.165, 1.54) is 5.56 Å². The van der Waals surface area contributed by atoms with Crippen LogP contribution >= 0.6 is 38.5 Å². The third-order valence-electron chi connectivity index (χ3n) is 2.71. The molecule has 0 saturated carbocycles. The van der Waals surface area contributed by atoms with E-state index in [9.17, 15) is 4.79 Å². The molecule has 2 amide bonds. The van der Waals surface area contributed by atoms with Crippen molar-refractivity contribution in [1.82, 2.24) is 5.32 Å². The van der Waals surface area contributed by atoms with E-state index >= 15 is 0 Å². The van der Waals surface area contributed by atoms with E-state index in [1.54, 1.807) is 0 Å². The van der Waals surface area contributed by atoms with E-state index < -0.39 is 0 Å². The van der Waals surface area contributed by atoms with E-state index in [-0.39, 0.29) is 6.03 Å². The molecule has 3 nitrogen and oxygen atoms in total. The summed E-state index contributed by atoms with van der Waals surface area (Å²) in [7, 11) is 0. The maximum absolute atomic E-state index is 11.7. The third kappa shape index (κ3) is 5.13. The van der Waals surface area contributed by atoms with Gasteiger partial charge in [0.15, 0.2) is 0 Å². The number of rotatable bonds is 4. The van der Waals surface area contributed by atoms with Gasteiger partial charge < -0.3 is 10.6 Å². The number of urea groups is 1. The maximum atomic E-state index is 11.7. The molecule has 0 aromatic heterocycles. The number of amides is 2. The molecule has 2 aromatic rings. The molecule has 0 bridgehead atoms. The third-order valence-corrected chi connectivity index (χ3v) is 3.96. The number of hydrogen-bond donors (Lipinski definition) is 2. The van der Waals surface area contributed by atoms with Crippen molar-refractivity contribution in [1.29, 1.82) is 0 Å². The summed E-state index contributed by atoms with van der Waals surface area (Å²) in [6, 6.07) is 15.6. The Hall–Kier alpha value is -1.08. The lowest BCUT2D eigenvalue weighted by atomic mass is 10.1. The second kappa shape index (κ2) is 7.64. The van der Waals surface area contributed by atoms with Crippen molar-refractivity contribution >= 4 is 50.2 Å². The van der Waals surface area contributed by atoms with Crippen LogP contribution in [0.1, 0.15) is 5.56 Å². The highest BCUT2D eigenvalue weighted by Gasteiger charge is 2.01. The highest BCUT2D eigenvalue weighted by atomic mass is 127. The van der Waals surface area contributed by atoms with Crippen LogP contribution in [0.5, 0.6) is 0 Å². The lowest BCUT2D eigenvalue weighted by Gasteiger charge is -2.08. The highest BCUT2D eigenvalue weighted by Crippen LogP contribution is 2.11. The molecule has 2 N–H and O–H groups in total. The molecule has 104 valence electrons. The predicted octanol–water partition coefficient (Wildman–Crippen LogP) is 4.42. The average molecular weight is 445 g/mol. The van der Waals surface area contributed by atoms with Gasteiger partial charge in [-0.1, -0.05) is 28.1 Å². The molecule has 0 radical (unpaired) electrons. The van der Waals surface area contributed by atoms with E-state index in [1.807, 2.05) is 48.5 Å². The summed E-state index contributed by atoms with van der Waals surface area (Å²) in [5.74, 6) is 0.